The average Bonchev–Trinajstić information content (AvgIpc) is 2.91. The Kier molecular flexibility index (Phi) is 3.29. The fourth-order valence-electron chi connectivity index (χ4n) is 4.97. The largest absolute Gasteiger partial charge is 0.336 e. The Bertz CT molecular complexity index is 952. The highest BCUT2D eigenvalue weighted by Crippen LogP contribution is 2.46. The molecule has 0 radical (unpaired) electrons. The number of hydrogen-bond donors (Lipinski definition) is 0. The first-order chi connectivity index (χ1) is 12.1. The Hall–Kier alpha value is -2.13. The zero-order valence-corrected chi connectivity index (χ0v) is 15.3. The number of aromatic nitrogens is 2. The number of hydrogen-bond acceptors (Lipinski definition) is 2. The number of rotatable bonds is 1. The van der Waals surface area contributed by atoms with Gasteiger partial charge in [-0.15, -0.1) is 0 Å². The van der Waals surface area contributed by atoms with E-state index in [0.29, 0.717) is 12.0 Å². The summed E-state index contributed by atoms with van der Waals surface area (Å²) in [4.78, 5) is 7.06. The molecule has 5 rings (SSSR count). The first-order valence-corrected chi connectivity index (χ1v) is 9.36. The summed E-state index contributed by atoms with van der Waals surface area (Å²) < 4.78 is 2.65. The zero-order valence-electron chi connectivity index (χ0n) is 15.3. The van der Waals surface area contributed by atoms with E-state index in [2.05, 4.69) is 71.9 Å². The molecule has 3 heteroatoms. The van der Waals surface area contributed by atoms with Gasteiger partial charge in [0.25, 0.3) is 0 Å². The molecule has 0 amide bonds. The van der Waals surface area contributed by atoms with Crippen molar-refractivity contribution in [2.45, 2.75) is 45.2 Å². The molecular formula is C22H25N3. The lowest BCUT2D eigenvalue weighted by Gasteiger charge is -2.38. The van der Waals surface area contributed by atoms with Crippen LogP contribution in [0.3, 0.4) is 0 Å². The lowest BCUT2D eigenvalue weighted by atomic mass is 9.85. The molecule has 1 aromatic carbocycles. The maximum absolute atomic E-state index is 4.57. The van der Waals surface area contributed by atoms with Crippen LogP contribution < -0.4 is 0 Å². The van der Waals surface area contributed by atoms with E-state index in [1.807, 2.05) is 0 Å². The van der Waals surface area contributed by atoms with Crippen LogP contribution in [0.2, 0.25) is 0 Å². The van der Waals surface area contributed by atoms with E-state index in [9.17, 15) is 0 Å². The van der Waals surface area contributed by atoms with Crippen molar-refractivity contribution < 1.29 is 0 Å². The van der Waals surface area contributed by atoms with Crippen LogP contribution in [0.4, 0.5) is 0 Å². The molecule has 4 heterocycles. The summed E-state index contributed by atoms with van der Waals surface area (Å²) in [6, 6.07) is 11.8. The van der Waals surface area contributed by atoms with Gasteiger partial charge in [0.15, 0.2) is 0 Å². The Morgan fingerprint density at radius 3 is 2.76 bits per heavy atom. The molecule has 25 heavy (non-hydrogen) atoms. The fourth-order valence-corrected chi connectivity index (χ4v) is 4.97. The van der Waals surface area contributed by atoms with Crippen LogP contribution in [0, 0.1) is 13.8 Å². The van der Waals surface area contributed by atoms with Crippen molar-refractivity contribution in [2.75, 3.05) is 13.6 Å². The second kappa shape index (κ2) is 5.43. The summed E-state index contributed by atoms with van der Waals surface area (Å²) in [5, 5.41) is 1.46. The molecule has 2 aliphatic heterocycles. The van der Waals surface area contributed by atoms with Gasteiger partial charge in [-0.1, -0.05) is 17.7 Å². The van der Waals surface area contributed by atoms with Gasteiger partial charge in [0.2, 0.25) is 0 Å². The van der Waals surface area contributed by atoms with Crippen molar-refractivity contribution in [3.05, 3.63) is 64.6 Å². The van der Waals surface area contributed by atoms with Crippen molar-refractivity contribution in [3.8, 4) is 0 Å². The molecule has 3 nitrogen and oxygen atoms in total. The molecule has 2 aromatic heterocycles. The maximum atomic E-state index is 4.57. The number of nitrogens with zero attached hydrogens (tertiary/aromatic N) is 3. The van der Waals surface area contributed by atoms with Crippen LogP contribution in [-0.4, -0.2) is 28.0 Å². The predicted molar refractivity (Wildman–Crippen MR) is 102 cm³/mol. The van der Waals surface area contributed by atoms with Gasteiger partial charge >= 0.3 is 0 Å². The summed E-state index contributed by atoms with van der Waals surface area (Å²) >= 11 is 0. The molecule has 2 aliphatic rings. The molecule has 0 N–H and O–H groups in total. The molecular weight excluding hydrogens is 306 g/mol. The minimum Gasteiger partial charge on any atom is -0.336 e. The van der Waals surface area contributed by atoms with Crippen molar-refractivity contribution in [3.63, 3.8) is 0 Å². The molecule has 0 fully saturated rings. The molecule has 0 spiro atoms. The fraction of sp³-hybridized carbons (Fsp3) is 0.409. The Morgan fingerprint density at radius 1 is 1.08 bits per heavy atom. The number of likely N-dealkylation sites (N-methyl/N-ethyl adjacent to an activating group) is 1. The van der Waals surface area contributed by atoms with Crippen LogP contribution >= 0.6 is 0 Å². The summed E-state index contributed by atoms with van der Waals surface area (Å²) in [6.07, 6.45) is 4.56. The van der Waals surface area contributed by atoms with E-state index < -0.39 is 0 Å². The van der Waals surface area contributed by atoms with Gasteiger partial charge in [-0.05, 0) is 63.1 Å². The van der Waals surface area contributed by atoms with E-state index in [0.717, 1.165) is 12.2 Å². The van der Waals surface area contributed by atoms with Crippen LogP contribution in [0.15, 0.2) is 36.5 Å². The minimum atomic E-state index is 0.418. The van der Waals surface area contributed by atoms with Crippen molar-refractivity contribution >= 4 is 10.9 Å². The second-order valence-electron chi connectivity index (χ2n) is 7.97. The van der Waals surface area contributed by atoms with Crippen molar-refractivity contribution in [2.24, 2.45) is 0 Å². The Labute approximate surface area is 149 Å². The minimum absolute atomic E-state index is 0.418. The monoisotopic (exact) mass is 331 g/mol. The molecule has 0 saturated carbocycles. The van der Waals surface area contributed by atoms with Gasteiger partial charge in [-0.25, -0.2) is 0 Å². The van der Waals surface area contributed by atoms with Gasteiger partial charge in [0.05, 0.1) is 6.04 Å². The van der Waals surface area contributed by atoms with Gasteiger partial charge in [0, 0.05) is 47.5 Å². The molecule has 3 aromatic rings. The highest BCUT2D eigenvalue weighted by Gasteiger charge is 2.36. The SMILES string of the molecule is Cc1ccc2c(c1)c1c3n2C(c2ccc(C)nc2)CCC3CN(C)C1. The van der Waals surface area contributed by atoms with Crippen molar-refractivity contribution in [1.29, 1.82) is 0 Å². The van der Waals surface area contributed by atoms with E-state index in [4.69, 9.17) is 0 Å². The van der Waals surface area contributed by atoms with E-state index in [1.165, 1.54) is 41.4 Å². The molecule has 128 valence electrons. The maximum Gasteiger partial charge on any atom is 0.0604 e. The highest BCUT2D eigenvalue weighted by molar-refractivity contribution is 5.87. The Balaban J connectivity index is 1.78. The highest BCUT2D eigenvalue weighted by atomic mass is 15.1. The third-order valence-corrected chi connectivity index (χ3v) is 6.07. The third-order valence-electron chi connectivity index (χ3n) is 6.07. The quantitative estimate of drug-likeness (QED) is 0.651. The standard InChI is InChI=1S/C22H25N3/c1-14-4-8-21-18(10-14)19-13-24(3)12-17-7-9-20(25(21)22(17)19)16-6-5-15(2)23-11-16/h4-6,8,10-11,17,20H,7,9,12-13H2,1-3H3. The number of benzene rings is 1. The molecule has 0 aliphatic carbocycles. The topological polar surface area (TPSA) is 21.1 Å². The number of fused-ring (bicyclic) bond motifs is 3. The lowest BCUT2D eigenvalue weighted by molar-refractivity contribution is 0.246. The van der Waals surface area contributed by atoms with Crippen LogP contribution in [0.25, 0.3) is 10.9 Å². The Morgan fingerprint density at radius 2 is 1.96 bits per heavy atom. The van der Waals surface area contributed by atoms with Gasteiger partial charge < -0.3 is 9.47 Å². The first kappa shape index (κ1) is 15.2. The number of aryl methyl sites for hydroxylation is 2. The number of pyridine rings is 1. The first-order valence-electron chi connectivity index (χ1n) is 9.36. The van der Waals surface area contributed by atoms with Crippen LogP contribution in [0.1, 0.15) is 52.9 Å². The smallest absolute Gasteiger partial charge is 0.0604 e. The summed E-state index contributed by atoms with van der Waals surface area (Å²) in [5.74, 6) is 0.663. The lowest BCUT2D eigenvalue weighted by Crippen LogP contribution is -2.35. The normalized spacial score (nSPS) is 23.0. The van der Waals surface area contributed by atoms with E-state index in [1.54, 1.807) is 11.3 Å². The molecule has 2 atom stereocenters. The third kappa shape index (κ3) is 2.26. The van der Waals surface area contributed by atoms with Gasteiger partial charge in [-0.3, -0.25) is 4.98 Å². The summed E-state index contributed by atoms with van der Waals surface area (Å²) in [7, 11) is 2.26. The second-order valence-corrected chi connectivity index (χ2v) is 7.97. The molecule has 2 unspecified atom stereocenters. The molecule has 0 bridgehead atoms. The summed E-state index contributed by atoms with van der Waals surface area (Å²) in [5.41, 5.74) is 8.35. The van der Waals surface area contributed by atoms with E-state index in [-0.39, 0.29) is 0 Å². The van der Waals surface area contributed by atoms with Gasteiger partial charge in [0.1, 0.15) is 0 Å². The van der Waals surface area contributed by atoms with E-state index >= 15 is 0 Å². The average molecular weight is 331 g/mol. The molecule has 0 saturated heterocycles. The summed E-state index contributed by atoms with van der Waals surface area (Å²) in [6.45, 7) is 6.51. The zero-order chi connectivity index (χ0) is 17.1. The predicted octanol–water partition coefficient (Wildman–Crippen LogP) is 4.57. The van der Waals surface area contributed by atoms with Crippen LogP contribution in [0.5, 0.6) is 0 Å². The van der Waals surface area contributed by atoms with Crippen molar-refractivity contribution in [1.82, 2.24) is 14.5 Å². The van der Waals surface area contributed by atoms with Crippen LogP contribution in [-0.2, 0) is 6.54 Å². The van der Waals surface area contributed by atoms with Gasteiger partial charge in [-0.2, -0.15) is 0 Å².